The fourth-order valence-corrected chi connectivity index (χ4v) is 3.27. The van der Waals surface area contributed by atoms with Gasteiger partial charge in [0, 0.05) is 52.7 Å². The third-order valence-corrected chi connectivity index (χ3v) is 5.88. The van der Waals surface area contributed by atoms with Crippen LogP contribution in [0.2, 0.25) is 0 Å². The number of aromatic nitrogens is 1. The summed E-state index contributed by atoms with van der Waals surface area (Å²) in [4.78, 5) is 18.2. The highest BCUT2D eigenvalue weighted by Gasteiger charge is 2.23. The summed E-state index contributed by atoms with van der Waals surface area (Å²) in [6.07, 6.45) is 5.31. The molecule has 1 saturated heterocycles. The van der Waals surface area contributed by atoms with Gasteiger partial charge >= 0.3 is 6.03 Å². The highest BCUT2D eigenvalue weighted by atomic mass is 32.2. The molecule has 2 heterocycles. The number of carbonyl (C=O) groups is 1. The number of amides is 2. The molecule has 1 atom stereocenters. The quantitative estimate of drug-likeness (QED) is 0.726. The second kappa shape index (κ2) is 9.12. The molecule has 9 heteroatoms. The summed E-state index contributed by atoms with van der Waals surface area (Å²) in [6.45, 7) is 1.69. The lowest BCUT2D eigenvalue weighted by atomic mass is 10.2. The van der Waals surface area contributed by atoms with Crippen molar-refractivity contribution in [2.24, 2.45) is 0 Å². The van der Waals surface area contributed by atoms with E-state index in [1.54, 1.807) is 17.3 Å². The second-order valence-corrected chi connectivity index (χ2v) is 8.50. The highest BCUT2D eigenvalue weighted by molar-refractivity contribution is 7.89. The molecule has 0 spiro atoms. The first-order chi connectivity index (χ1) is 11.9. The van der Waals surface area contributed by atoms with Crippen LogP contribution in [0.4, 0.5) is 4.79 Å². The van der Waals surface area contributed by atoms with Gasteiger partial charge < -0.3 is 15.0 Å². The summed E-state index contributed by atoms with van der Waals surface area (Å²) < 4.78 is 30.3. The van der Waals surface area contributed by atoms with E-state index in [1.165, 1.54) is 14.1 Å². The fraction of sp³-hybridized carbons (Fsp3) is 0.625. The van der Waals surface area contributed by atoms with Crippen LogP contribution in [0.5, 0.6) is 0 Å². The van der Waals surface area contributed by atoms with Crippen molar-refractivity contribution in [3.05, 3.63) is 30.1 Å². The van der Waals surface area contributed by atoms with E-state index in [2.05, 4.69) is 10.3 Å². The molecule has 1 fully saturated rings. The molecule has 0 saturated carbocycles. The second-order valence-electron chi connectivity index (χ2n) is 6.20. The smallest absolute Gasteiger partial charge is 0.317 e. The number of hydrogen-bond acceptors (Lipinski definition) is 5. The van der Waals surface area contributed by atoms with Gasteiger partial charge in [0.05, 0.1) is 11.9 Å². The van der Waals surface area contributed by atoms with E-state index in [1.807, 2.05) is 12.1 Å². The van der Waals surface area contributed by atoms with Crippen LogP contribution in [0.15, 0.2) is 24.5 Å². The van der Waals surface area contributed by atoms with Gasteiger partial charge in [0.15, 0.2) is 0 Å². The van der Waals surface area contributed by atoms with Crippen molar-refractivity contribution < 1.29 is 17.9 Å². The van der Waals surface area contributed by atoms with Crippen molar-refractivity contribution in [1.82, 2.24) is 19.5 Å². The lowest BCUT2D eigenvalue weighted by Crippen LogP contribution is -2.45. The van der Waals surface area contributed by atoms with E-state index in [9.17, 15) is 13.2 Å². The highest BCUT2D eigenvalue weighted by Crippen LogP contribution is 2.15. The molecule has 1 N–H and O–H groups in total. The van der Waals surface area contributed by atoms with Gasteiger partial charge in [0.2, 0.25) is 10.0 Å². The van der Waals surface area contributed by atoms with Crippen LogP contribution in [0.1, 0.15) is 18.4 Å². The largest absolute Gasteiger partial charge is 0.376 e. The maximum Gasteiger partial charge on any atom is 0.317 e. The first-order valence-electron chi connectivity index (χ1n) is 8.32. The summed E-state index contributed by atoms with van der Waals surface area (Å²) in [7, 11) is -0.381. The molecule has 2 rings (SSSR count). The number of nitrogens with zero attached hydrogens (tertiary/aromatic N) is 3. The molecule has 8 nitrogen and oxygen atoms in total. The van der Waals surface area contributed by atoms with Gasteiger partial charge in [-0.1, -0.05) is 0 Å². The minimum atomic E-state index is -3.33. The van der Waals surface area contributed by atoms with Gasteiger partial charge in [0.1, 0.15) is 0 Å². The summed E-state index contributed by atoms with van der Waals surface area (Å²) >= 11 is 0. The van der Waals surface area contributed by atoms with Crippen LogP contribution < -0.4 is 5.32 Å². The Hall–Kier alpha value is -1.71. The predicted octanol–water partition coefficient (Wildman–Crippen LogP) is 0.664. The summed E-state index contributed by atoms with van der Waals surface area (Å²) in [5, 5.41) is 2.70. The zero-order valence-electron chi connectivity index (χ0n) is 14.7. The molecule has 25 heavy (non-hydrogen) atoms. The molecule has 1 aromatic heterocycles. The van der Waals surface area contributed by atoms with Crippen LogP contribution in [0, 0.1) is 0 Å². The molecule has 2 amide bonds. The first kappa shape index (κ1) is 19.6. The van der Waals surface area contributed by atoms with Crippen molar-refractivity contribution in [3.63, 3.8) is 0 Å². The zero-order chi connectivity index (χ0) is 18.3. The Morgan fingerprint density at radius 3 is 2.68 bits per heavy atom. The van der Waals surface area contributed by atoms with Gasteiger partial charge in [-0.3, -0.25) is 4.98 Å². The Bertz CT molecular complexity index is 645. The minimum absolute atomic E-state index is 0.0260. The lowest BCUT2D eigenvalue weighted by Gasteiger charge is -2.26. The molecule has 0 aliphatic carbocycles. The fourth-order valence-electron chi connectivity index (χ4n) is 2.54. The average Bonchev–Trinajstić information content (AvgIpc) is 3.08. The Morgan fingerprint density at radius 1 is 1.36 bits per heavy atom. The van der Waals surface area contributed by atoms with Gasteiger partial charge in [-0.05, 0) is 30.5 Å². The van der Waals surface area contributed by atoms with Crippen molar-refractivity contribution in [2.75, 3.05) is 39.5 Å². The van der Waals surface area contributed by atoms with Crippen LogP contribution in [0.25, 0.3) is 0 Å². The van der Waals surface area contributed by atoms with E-state index in [0.717, 1.165) is 29.3 Å². The average molecular weight is 370 g/mol. The molecule has 1 aliphatic heterocycles. The van der Waals surface area contributed by atoms with Crippen LogP contribution in [-0.2, 0) is 21.3 Å². The van der Waals surface area contributed by atoms with E-state index in [-0.39, 0.29) is 24.4 Å². The number of nitrogens with one attached hydrogen (secondary N) is 1. The minimum Gasteiger partial charge on any atom is -0.376 e. The Kier molecular flexibility index (Phi) is 7.15. The molecule has 140 valence electrons. The number of carbonyl (C=O) groups excluding carboxylic acids is 1. The number of pyridine rings is 1. The monoisotopic (exact) mass is 370 g/mol. The number of ether oxygens (including phenoxy) is 1. The van der Waals surface area contributed by atoms with Crippen molar-refractivity contribution >= 4 is 16.1 Å². The molecule has 0 aromatic carbocycles. The van der Waals surface area contributed by atoms with Crippen molar-refractivity contribution in [3.8, 4) is 0 Å². The van der Waals surface area contributed by atoms with Crippen LogP contribution in [0.3, 0.4) is 0 Å². The maximum atomic E-state index is 12.5. The first-order valence-corrected chi connectivity index (χ1v) is 9.93. The molecule has 0 radical (unpaired) electrons. The van der Waals surface area contributed by atoms with E-state index >= 15 is 0 Å². The number of urea groups is 1. The predicted molar refractivity (Wildman–Crippen MR) is 94.5 cm³/mol. The summed E-state index contributed by atoms with van der Waals surface area (Å²) in [5.41, 5.74) is 0.962. The third kappa shape index (κ3) is 6.26. The van der Waals surface area contributed by atoms with Gasteiger partial charge in [-0.15, -0.1) is 0 Å². The number of hydrogen-bond donors (Lipinski definition) is 1. The number of sulfonamides is 1. The molecular weight excluding hydrogens is 344 g/mol. The standard InChI is InChI=1S/C16H26N4O4S/c1-19(2)25(22,23)11-9-18-16(21)20(13-15-4-3-10-24-15)12-14-5-7-17-8-6-14/h5-8,15H,3-4,9-13H2,1-2H3,(H,18,21)/t15-/m1/s1. The third-order valence-electron chi connectivity index (χ3n) is 4.05. The van der Waals surface area contributed by atoms with E-state index in [4.69, 9.17) is 4.74 Å². The van der Waals surface area contributed by atoms with E-state index < -0.39 is 10.0 Å². The van der Waals surface area contributed by atoms with Crippen LogP contribution in [-0.4, -0.2) is 74.3 Å². The number of rotatable bonds is 8. The Morgan fingerprint density at radius 2 is 2.08 bits per heavy atom. The molecule has 1 aliphatic rings. The lowest BCUT2D eigenvalue weighted by molar-refractivity contribution is 0.0796. The van der Waals surface area contributed by atoms with Gasteiger partial charge in [-0.2, -0.15) is 0 Å². The summed E-state index contributed by atoms with van der Waals surface area (Å²) in [6, 6.07) is 3.42. The summed E-state index contributed by atoms with van der Waals surface area (Å²) in [5.74, 6) is -0.130. The molecule has 0 bridgehead atoms. The molecular formula is C16H26N4O4S. The zero-order valence-corrected chi connectivity index (χ0v) is 15.5. The Labute approximate surface area is 149 Å². The van der Waals surface area contributed by atoms with Gasteiger partial charge in [0.25, 0.3) is 0 Å². The molecule has 1 aromatic rings. The Balaban J connectivity index is 1.94. The van der Waals surface area contributed by atoms with Crippen molar-refractivity contribution in [2.45, 2.75) is 25.5 Å². The van der Waals surface area contributed by atoms with Gasteiger partial charge in [-0.25, -0.2) is 17.5 Å². The maximum absolute atomic E-state index is 12.5. The topological polar surface area (TPSA) is 91.8 Å². The SMILES string of the molecule is CN(C)S(=O)(=O)CCNC(=O)N(Cc1ccncc1)C[C@H]1CCCO1. The molecule has 0 unspecified atom stereocenters. The normalized spacial score (nSPS) is 17.6. The van der Waals surface area contributed by atoms with Crippen molar-refractivity contribution in [1.29, 1.82) is 0 Å². The van der Waals surface area contributed by atoms with E-state index in [0.29, 0.717) is 13.1 Å². The van der Waals surface area contributed by atoms with Crippen LogP contribution >= 0.6 is 0 Å².